The van der Waals surface area contributed by atoms with Crippen LogP contribution in [-0.2, 0) is 32.0 Å². The van der Waals surface area contributed by atoms with Crippen LogP contribution >= 0.6 is 0 Å². The average Bonchev–Trinajstić information content (AvgIpc) is 2.89. The molecular formula is C28H30N4O5. The summed E-state index contributed by atoms with van der Waals surface area (Å²) in [5.74, 6) is -3.15. The van der Waals surface area contributed by atoms with E-state index < -0.39 is 48.2 Å². The highest BCUT2D eigenvalue weighted by Gasteiger charge is 2.27. The molecule has 0 radical (unpaired) electrons. The topological polar surface area (TPSA) is 165 Å². The van der Waals surface area contributed by atoms with Crippen molar-refractivity contribution in [2.75, 3.05) is 0 Å². The second kappa shape index (κ2) is 13.0. The van der Waals surface area contributed by atoms with Crippen molar-refractivity contribution in [1.82, 2.24) is 10.6 Å². The molecule has 0 saturated carbocycles. The summed E-state index contributed by atoms with van der Waals surface area (Å²) in [4.78, 5) is 48.8. The summed E-state index contributed by atoms with van der Waals surface area (Å²) in [6.45, 7) is 0. The standard InChI is InChI=1S/C28H30N4O5/c29-26(35)22(15-19-11-13-21(14-12-19)20-9-5-2-6-10-20)32-28(37)23(16-18-7-3-1-4-8-18)31-25(34)17-24(33)27(30)36/h1-14,22-24,33H,15-17H2,(H2,29,35)(H2,30,36)(H,31,34)(H,32,37)/t22-,23+,24+/m0/s1. The van der Waals surface area contributed by atoms with Crippen molar-refractivity contribution < 1.29 is 24.3 Å². The second-order valence-electron chi connectivity index (χ2n) is 8.66. The Hall–Kier alpha value is -4.50. The Balaban J connectivity index is 1.72. The van der Waals surface area contributed by atoms with E-state index in [1.807, 2.05) is 60.7 Å². The predicted molar refractivity (Wildman–Crippen MR) is 139 cm³/mol. The SMILES string of the molecule is NC(=O)[C@H](O)CC(=O)N[C@H](Cc1ccccc1)C(=O)N[C@@H](Cc1ccc(-c2ccccc2)cc1)C(N)=O. The number of aliphatic hydroxyl groups is 1. The van der Waals surface area contributed by atoms with Crippen LogP contribution in [0.1, 0.15) is 17.5 Å². The number of benzene rings is 3. The molecule has 0 saturated heterocycles. The van der Waals surface area contributed by atoms with Crippen molar-refractivity contribution in [2.24, 2.45) is 11.5 Å². The number of rotatable bonds is 12. The largest absolute Gasteiger partial charge is 0.383 e. The van der Waals surface area contributed by atoms with E-state index in [4.69, 9.17) is 11.5 Å². The Labute approximate surface area is 214 Å². The molecule has 0 aliphatic rings. The molecule has 3 aromatic carbocycles. The number of hydrogen-bond donors (Lipinski definition) is 5. The molecule has 192 valence electrons. The molecule has 0 bridgehead atoms. The van der Waals surface area contributed by atoms with Crippen LogP contribution in [0.15, 0.2) is 84.9 Å². The van der Waals surface area contributed by atoms with E-state index in [2.05, 4.69) is 10.6 Å². The average molecular weight is 503 g/mol. The normalized spacial score (nSPS) is 13.1. The lowest BCUT2D eigenvalue weighted by Crippen LogP contribution is -2.54. The summed E-state index contributed by atoms with van der Waals surface area (Å²) in [7, 11) is 0. The molecule has 7 N–H and O–H groups in total. The van der Waals surface area contributed by atoms with Gasteiger partial charge in [0.05, 0.1) is 6.42 Å². The van der Waals surface area contributed by atoms with Gasteiger partial charge < -0.3 is 27.2 Å². The van der Waals surface area contributed by atoms with Gasteiger partial charge in [0, 0.05) is 12.8 Å². The van der Waals surface area contributed by atoms with Gasteiger partial charge in [-0.3, -0.25) is 19.2 Å². The molecule has 3 rings (SSSR count). The minimum atomic E-state index is -1.68. The van der Waals surface area contributed by atoms with Crippen molar-refractivity contribution in [3.05, 3.63) is 96.1 Å². The lowest BCUT2D eigenvalue weighted by molar-refractivity contribution is -0.134. The fourth-order valence-electron chi connectivity index (χ4n) is 3.78. The number of primary amides is 2. The zero-order chi connectivity index (χ0) is 26.8. The monoisotopic (exact) mass is 502 g/mol. The maximum atomic E-state index is 13.2. The molecule has 3 aromatic rings. The summed E-state index contributed by atoms with van der Waals surface area (Å²) in [6.07, 6.45) is -2.01. The zero-order valence-electron chi connectivity index (χ0n) is 20.2. The highest BCUT2D eigenvalue weighted by Crippen LogP contribution is 2.19. The second-order valence-corrected chi connectivity index (χ2v) is 8.66. The number of hydrogen-bond acceptors (Lipinski definition) is 5. The van der Waals surface area contributed by atoms with Gasteiger partial charge in [-0.2, -0.15) is 0 Å². The lowest BCUT2D eigenvalue weighted by atomic mass is 9.99. The Kier molecular flexibility index (Phi) is 9.51. The number of nitrogens with two attached hydrogens (primary N) is 2. The van der Waals surface area contributed by atoms with Crippen LogP contribution in [0, 0.1) is 0 Å². The first-order valence-electron chi connectivity index (χ1n) is 11.8. The van der Waals surface area contributed by atoms with E-state index in [0.29, 0.717) is 0 Å². The molecule has 3 atom stereocenters. The van der Waals surface area contributed by atoms with Crippen LogP contribution in [0.2, 0.25) is 0 Å². The summed E-state index contributed by atoms with van der Waals surface area (Å²) < 4.78 is 0. The molecule has 0 aliphatic carbocycles. The van der Waals surface area contributed by atoms with Gasteiger partial charge in [0.25, 0.3) is 0 Å². The molecule has 0 spiro atoms. The summed E-state index contributed by atoms with van der Waals surface area (Å²) in [6, 6.07) is 24.2. The van der Waals surface area contributed by atoms with Crippen LogP contribution in [0.5, 0.6) is 0 Å². The minimum absolute atomic E-state index is 0.113. The molecule has 9 heteroatoms. The molecule has 4 amide bonds. The number of carbonyl (C=O) groups is 4. The van der Waals surface area contributed by atoms with Crippen LogP contribution in [0.25, 0.3) is 11.1 Å². The number of carbonyl (C=O) groups excluding carboxylic acids is 4. The van der Waals surface area contributed by atoms with Crippen LogP contribution in [0.3, 0.4) is 0 Å². The molecule has 0 aromatic heterocycles. The summed E-state index contributed by atoms with van der Waals surface area (Å²) in [5, 5.41) is 14.8. The first-order chi connectivity index (χ1) is 17.7. The van der Waals surface area contributed by atoms with Gasteiger partial charge in [0.15, 0.2) is 0 Å². The molecular weight excluding hydrogens is 472 g/mol. The molecule has 0 aliphatic heterocycles. The molecule has 0 heterocycles. The molecule has 0 unspecified atom stereocenters. The fraction of sp³-hybridized carbons (Fsp3) is 0.214. The van der Waals surface area contributed by atoms with Crippen LogP contribution in [-0.4, -0.2) is 46.9 Å². The van der Waals surface area contributed by atoms with E-state index in [9.17, 15) is 24.3 Å². The van der Waals surface area contributed by atoms with Crippen LogP contribution in [0.4, 0.5) is 0 Å². The fourth-order valence-corrected chi connectivity index (χ4v) is 3.78. The molecule has 0 fully saturated rings. The van der Waals surface area contributed by atoms with Crippen molar-refractivity contribution in [2.45, 2.75) is 37.5 Å². The van der Waals surface area contributed by atoms with Crippen LogP contribution < -0.4 is 22.1 Å². The van der Waals surface area contributed by atoms with E-state index in [1.165, 1.54) is 0 Å². The quantitative estimate of drug-likeness (QED) is 0.247. The van der Waals surface area contributed by atoms with E-state index in [1.54, 1.807) is 24.3 Å². The van der Waals surface area contributed by atoms with Gasteiger partial charge in [-0.15, -0.1) is 0 Å². The molecule has 37 heavy (non-hydrogen) atoms. The minimum Gasteiger partial charge on any atom is -0.383 e. The van der Waals surface area contributed by atoms with E-state index in [-0.39, 0.29) is 12.8 Å². The van der Waals surface area contributed by atoms with Crippen molar-refractivity contribution in [3.8, 4) is 11.1 Å². The first-order valence-corrected chi connectivity index (χ1v) is 11.8. The smallest absolute Gasteiger partial charge is 0.246 e. The third-order valence-electron chi connectivity index (χ3n) is 5.80. The Morgan fingerprint density at radius 1 is 0.649 bits per heavy atom. The van der Waals surface area contributed by atoms with E-state index in [0.717, 1.165) is 22.3 Å². The third-order valence-corrected chi connectivity index (χ3v) is 5.80. The van der Waals surface area contributed by atoms with Crippen molar-refractivity contribution >= 4 is 23.6 Å². The van der Waals surface area contributed by atoms with E-state index >= 15 is 0 Å². The van der Waals surface area contributed by atoms with Gasteiger partial charge >= 0.3 is 0 Å². The predicted octanol–water partition coefficient (Wildman–Crippen LogP) is 0.830. The van der Waals surface area contributed by atoms with Gasteiger partial charge in [-0.1, -0.05) is 84.9 Å². The Bertz CT molecular complexity index is 1220. The molecule has 9 nitrogen and oxygen atoms in total. The number of nitrogens with one attached hydrogen (secondary N) is 2. The lowest BCUT2D eigenvalue weighted by Gasteiger charge is -2.22. The number of aliphatic hydroxyl groups excluding tert-OH is 1. The summed E-state index contributed by atoms with van der Waals surface area (Å²) >= 11 is 0. The first kappa shape index (κ1) is 27.1. The van der Waals surface area contributed by atoms with Crippen molar-refractivity contribution in [1.29, 1.82) is 0 Å². The van der Waals surface area contributed by atoms with Gasteiger partial charge in [-0.05, 0) is 22.3 Å². The summed E-state index contributed by atoms with van der Waals surface area (Å²) in [5.41, 5.74) is 14.2. The van der Waals surface area contributed by atoms with Gasteiger partial charge in [-0.25, -0.2) is 0 Å². The zero-order valence-corrected chi connectivity index (χ0v) is 20.2. The van der Waals surface area contributed by atoms with Gasteiger partial charge in [0.1, 0.15) is 18.2 Å². The van der Waals surface area contributed by atoms with Gasteiger partial charge in [0.2, 0.25) is 23.6 Å². The third kappa shape index (κ3) is 8.29. The maximum absolute atomic E-state index is 13.2. The Morgan fingerprint density at radius 3 is 1.73 bits per heavy atom. The highest BCUT2D eigenvalue weighted by molar-refractivity contribution is 5.93. The highest BCUT2D eigenvalue weighted by atomic mass is 16.3. The van der Waals surface area contributed by atoms with Crippen molar-refractivity contribution in [3.63, 3.8) is 0 Å². The Morgan fingerprint density at radius 2 is 1.16 bits per heavy atom. The number of amides is 4. The maximum Gasteiger partial charge on any atom is 0.246 e.